The van der Waals surface area contributed by atoms with Crippen molar-refractivity contribution in [3.63, 3.8) is 0 Å². The zero-order valence-corrected chi connectivity index (χ0v) is 18.1. The predicted molar refractivity (Wildman–Crippen MR) is 109 cm³/mol. The number of amides is 2. The second-order valence-electron chi connectivity index (χ2n) is 5.75. The van der Waals surface area contributed by atoms with Crippen LogP contribution in [0.3, 0.4) is 0 Å². The zero-order chi connectivity index (χ0) is 21.1. The zero-order valence-electron chi connectivity index (χ0n) is 15.7. The third-order valence-electron chi connectivity index (χ3n) is 4.03. The van der Waals surface area contributed by atoms with Crippen LogP contribution in [0.15, 0.2) is 38.1 Å². The summed E-state index contributed by atoms with van der Waals surface area (Å²) in [6.45, 7) is -0.0948. The largest absolute Gasteiger partial charge is 0.496 e. The van der Waals surface area contributed by atoms with Gasteiger partial charge >= 0.3 is 5.97 Å². The number of ether oxygens (including phenoxy) is 3. The summed E-state index contributed by atoms with van der Waals surface area (Å²) in [4.78, 5) is 37.8. The van der Waals surface area contributed by atoms with E-state index in [4.69, 9.17) is 13.9 Å². The number of carbonyl (C=O) groups excluding carboxylic acids is 3. The van der Waals surface area contributed by atoms with E-state index in [0.29, 0.717) is 27.3 Å². The molecule has 29 heavy (non-hydrogen) atoms. The molecule has 1 aliphatic rings. The number of methoxy groups -OCH3 is 3. The molecule has 8 nitrogen and oxygen atoms in total. The number of furan rings is 1. The first kappa shape index (κ1) is 21.0. The maximum atomic E-state index is 12.7. The fraction of sp³-hybridized carbons (Fsp3) is 0.211. The number of carbonyl (C=O) groups is 3. The molecule has 0 spiro atoms. The van der Waals surface area contributed by atoms with Gasteiger partial charge in [-0.3, -0.25) is 14.5 Å². The highest BCUT2D eigenvalue weighted by molar-refractivity contribution is 9.10. The second-order valence-corrected chi connectivity index (χ2v) is 7.60. The van der Waals surface area contributed by atoms with Crippen molar-refractivity contribution in [1.29, 1.82) is 0 Å². The minimum atomic E-state index is -0.637. The third-order valence-corrected chi connectivity index (χ3v) is 5.55. The van der Waals surface area contributed by atoms with Crippen molar-refractivity contribution >= 4 is 50.9 Å². The quantitative estimate of drug-likeness (QED) is 0.449. The Morgan fingerprint density at radius 1 is 1.17 bits per heavy atom. The standard InChI is InChI=1S/C19H16BrNO7S/c1-25-14-8-15(26-2)12(20)6-10(14)7-16-17(22)21(19(24)29-16)9-11-4-5-13(28-11)18(23)27-3/h4-8H,9H2,1-3H3/b16-7+. The molecule has 0 aliphatic carbocycles. The van der Waals surface area contributed by atoms with Crippen molar-refractivity contribution < 1.29 is 33.0 Å². The Labute approximate surface area is 178 Å². The molecule has 0 saturated carbocycles. The Hall–Kier alpha value is -2.72. The van der Waals surface area contributed by atoms with Gasteiger partial charge in [-0.15, -0.1) is 0 Å². The molecule has 10 heteroatoms. The number of hydrogen-bond acceptors (Lipinski definition) is 8. The van der Waals surface area contributed by atoms with Gasteiger partial charge in [0.05, 0.1) is 37.3 Å². The Kier molecular flexibility index (Phi) is 6.33. The first-order chi connectivity index (χ1) is 13.9. The number of imide groups is 1. The molecule has 1 aliphatic heterocycles. The van der Waals surface area contributed by atoms with Crippen molar-refractivity contribution in [3.05, 3.63) is 50.7 Å². The molecule has 0 atom stereocenters. The first-order valence-electron chi connectivity index (χ1n) is 8.21. The molecule has 1 saturated heterocycles. The molecule has 0 unspecified atom stereocenters. The van der Waals surface area contributed by atoms with Crippen molar-refractivity contribution in [3.8, 4) is 11.5 Å². The molecule has 152 valence electrons. The van der Waals surface area contributed by atoms with E-state index in [0.717, 1.165) is 16.7 Å². The number of thioether (sulfide) groups is 1. The van der Waals surface area contributed by atoms with E-state index < -0.39 is 17.1 Å². The summed E-state index contributed by atoms with van der Waals surface area (Å²) in [5, 5.41) is -0.441. The van der Waals surface area contributed by atoms with Crippen molar-refractivity contribution in [2.24, 2.45) is 0 Å². The van der Waals surface area contributed by atoms with E-state index in [9.17, 15) is 14.4 Å². The molecule has 0 bridgehead atoms. The third kappa shape index (κ3) is 4.33. The monoisotopic (exact) mass is 481 g/mol. The van der Waals surface area contributed by atoms with Gasteiger partial charge in [0.2, 0.25) is 5.76 Å². The lowest BCUT2D eigenvalue weighted by Gasteiger charge is -2.11. The van der Waals surface area contributed by atoms with E-state index in [1.165, 1.54) is 33.5 Å². The summed E-state index contributed by atoms with van der Waals surface area (Å²) in [5.74, 6) is 0.251. The van der Waals surface area contributed by atoms with Gasteiger partial charge in [-0.1, -0.05) is 0 Å². The molecule has 2 aromatic rings. The lowest BCUT2D eigenvalue weighted by Crippen LogP contribution is -2.27. The summed E-state index contributed by atoms with van der Waals surface area (Å²) in [6, 6.07) is 6.36. The summed E-state index contributed by atoms with van der Waals surface area (Å²) in [5.41, 5.74) is 0.608. The van der Waals surface area contributed by atoms with Crippen molar-refractivity contribution in [2.75, 3.05) is 21.3 Å². The van der Waals surface area contributed by atoms with E-state index in [-0.39, 0.29) is 17.2 Å². The molecule has 2 heterocycles. The molecule has 1 fully saturated rings. The van der Waals surface area contributed by atoms with Gasteiger partial charge in [0.15, 0.2) is 0 Å². The highest BCUT2D eigenvalue weighted by Gasteiger charge is 2.36. The van der Waals surface area contributed by atoms with Gasteiger partial charge in [0, 0.05) is 11.6 Å². The average Bonchev–Trinajstić information content (AvgIpc) is 3.28. The lowest BCUT2D eigenvalue weighted by molar-refractivity contribution is -0.123. The van der Waals surface area contributed by atoms with Crippen LogP contribution >= 0.6 is 27.7 Å². The van der Waals surface area contributed by atoms with Gasteiger partial charge in [-0.25, -0.2) is 4.79 Å². The fourth-order valence-electron chi connectivity index (χ4n) is 2.60. The van der Waals surface area contributed by atoms with Crippen LogP contribution < -0.4 is 9.47 Å². The highest BCUT2D eigenvalue weighted by Crippen LogP contribution is 2.38. The molecule has 0 N–H and O–H groups in total. The van der Waals surface area contributed by atoms with E-state index in [1.54, 1.807) is 18.2 Å². The Morgan fingerprint density at radius 2 is 1.90 bits per heavy atom. The highest BCUT2D eigenvalue weighted by atomic mass is 79.9. The van der Waals surface area contributed by atoms with Gasteiger partial charge in [-0.2, -0.15) is 0 Å². The smallest absolute Gasteiger partial charge is 0.373 e. The fourth-order valence-corrected chi connectivity index (χ4v) is 3.95. The molecule has 1 aromatic heterocycles. The number of esters is 1. The van der Waals surface area contributed by atoms with Crippen molar-refractivity contribution in [2.45, 2.75) is 6.54 Å². The maximum Gasteiger partial charge on any atom is 0.373 e. The molecule has 3 rings (SSSR count). The summed E-state index contributed by atoms with van der Waals surface area (Å²) in [7, 11) is 4.27. The second kappa shape index (κ2) is 8.75. The lowest BCUT2D eigenvalue weighted by atomic mass is 10.1. The summed E-state index contributed by atoms with van der Waals surface area (Å²) < 4.78 is 21.2. The van der Waals surface area contributed by atoms with E-state index in [1.807, 2.05) is 0 Å². The topological polar surface area (TPSA) is 95.3 Å². The SMILES string of the molecule is COC(=O)c1ccc(CN2C(=O)S/C(=C/c3cc(Br)c(OC)cc3OC)C2=O)o1. The minimum absolute atomic E-state index is 0.00201. The Bertz CT molecular complexity index is 1010. The van der Waals surface area contributed by atoms with Gasteiger partial charge in [0.1, 0.15) is 17.3 Å². The van der Waals surface area contributed by atoms with E-state index >= 15 is 0 Å². The van der Waals surface area contributed by atoms with Crippen LogP contribution in [0, 0.1) is 0 Å². The minimum Gasteiger partial charge on any atom is -0.496 e. The first-order valence-corrected chi connectivity index (χ1v) is 9.82. The van der Waals surface area contributed by atoms with Crippen LogP contribution in [0.2, 0.25) is 0 Å². The van der Waals surface area contributed by atoms with Gasteiger partial charge < -0.3 is 18.6 Å². The summed E-state index contributed by atoms with van der Waals surface area (Å²) >= 11 is 4.21. The number of hydrogen-bond donors (Lipinski definition) is 0. The van der Waals surface area contributed by atoms with Crippen molar-refractivity contribution in [1.82, 2.24) is 4.90 Å². The molecular formula is C19H16BrNO7S. The van der Waals surface area contributed by atoms with Crippen LogP contribution in [-0.4, -0.2) is 43.3 Å². The van der Waals surface area contributed by atoms with Crippen LogP contribution in [0.25, 0.3) is 6.08 Å². The molecule has 0 radical (unpaired) electrons. The van der Waals surface area contributed by atoms with Gasteiger partial charge in [0.25, 0.3) is 11.1 Å². The predicted octanol–water partition coefficient (Wildman–Crippen LogP) is 4.08. The Balaban J connectivity index is 1.84. The number of halogens is 1. The van der Waals surface area contributed by atoms with Crippen LogP contribution in [-0.2, 0) is 16.1 Å². The number of benzene rings is 1. The molecular weight excluding hydrogens is 466 g/mol. The molecule has 2 amide bonds. The van der Waals surface area contributed by atoms with Crippen LogP contribution in [0.5, 0.6) is 11.5 Å². The number of rotatable bonds is 6. The average molecular weight is 482 g/mol. The van der Waals surface area contributed by atoms with Crippen LogP contribution in [0.1, 0.15) is 21.9 Å². The molecule has 1 aromatic carbocycles. The number of nitrogens with zero attached hydrogens (tertiary/aromatic N) is 1. The van der Waals surface area contributed by atoms with Crippen LogP contribution in [0.4, 0.5) is 4.79 Å². The summed E-state index contributed by atoms with van der Waals surface area (Å²) in [6.07, 6.45) is 1.58. The van der Waals surface area contributed by atoms with E-state index in [2.05, 4.69) is 20.7 Å². The van der Waals surface area contributed by atoms with Gasteiger partial charge in [-0.05, 0) is 52.0 Å². The normalized spacial score (nSPS) is 15.2. The maximum absolute atomic E-state index is 12.7. The Morgan fingerprint density at radius 3 is 2.55 bits per heavy atom.